The fraction of sp³-hybridized carbons (Fsp3) is 0.133. The normalized spacial score (nSPS) is 10.3. The second-order valence-electron chi connectivity index (χ2n) is 4.18. The summed E-state index contributed by atoms with van der Waals surface area (Å²) in [5, 5.41) is 9.47. The van der Waals surface area contributed by atoms with Crippen LogP contribution in [-0.2, 0) is 0 Å². The van der Waals surface area contributed by atoms with Crippen LogP contribution in [0.15, 0.2) is 36.4 Å². The lowest BCUT2D eigenvalue weighted by Gasteiger charge is -2.09. The minimum absolute atomic E-state index is 0.279. The van der Waals surface area contributed by atoms with Crippen LogP contribution in [0, 0.1) is 6.92 Å². The lowest BCUT2D eigenvalue weighted by molar-refractivity contribution is 0.0697. The number of methoxy groups -OCH3 is 1. The molecule has 1 N–H and O–H groups in total. The summed E-state index contributed by atoms with van der Waals surface area (Å²) in [7, 11) is 1.56. The first-order valence-electron chi connectivity index (χ1n) is 5.71. The van der Waals surface area contributed by atoms with Gasteiger partial charge in [0.2, 0.25) is 0 Å². The average Bonchev–Trinajstić information content (AvgIpc) is 2.38. The van der Waals surface area contributed by atoms with Gasteiger partial charge in [-0.15, -0.1) is 0 Å². The fourth-order valence-corrected chi connectivity index (χ4v) is 2.21. The van der Waals surface area contributed by atoms with E-state index in [0.29, 0.717) is 10.8 Å². The number of rotatable bonds is 3. The highest BCUT2D eigenvalue weighted by Crippen LogP contribution is 2.31. The Balaban J connectivity index is 2.47. The molecule has 0 saturated heterocycles. The van der Waals surface area contributed by atoms with Crippen molar-refractivity contribution in [3.8, 4) is 16.9 Å². The summed E-state index contributed by atoms with van der Waals surface area (Å²) >= 11 is 6.09. The Kier molecular flexibility index (Phi) is 3.76. The van der Waals surface area contributed by atoms with Crippen LogP contribution in [0.2, 0.25) is 5.02 Å². The minimum Gasteiger partial charge on any atom is -0.495 e. The van der Waals surface area contributed by atoms with Crippen LogP contribution in [0.5, 0.6) is 5.75 Å². The van der Waals surface area contributed by atoms with Gasteiger partial charge in [-0.25, -0.2) is 4.79 Å². The number of carbonyl (C=O) groups is 1. The molecule has 98 valence electrons. The molecule has 0 fully saturated rings. The number of benzene rings is 2. The molecule has 0 radical (unpaired) electrons. The Morgan fingerprint density at radius 1 is 1.21 bits per heavy atom. The molecule has 0 aliphatic heterocycles. The minimum atomic E-state index is -0.928. The second kappa shape index (κ2) is 5.33. The summed E-state index contributed by atoms with van der Waals surface area (Å²) in [5.41, 5.74) is 3.05. The molecule has 0 aromatic heterocycles. The molecule has 2 rings (SSSR count). The van der Waals surface area contributed by atoms with Crippen molar-refractivity contribution in [3.05, 3.63) is 52.5 Å². The van der Waals surface area contributed by atoms with Crippen LogP contribution in [0.25, 0.3) is 11.1 Å². The SMILES string of the molecule is COc1ccc(-c2ccc(C(=O)O)cc2C)cc1Cl. The van der Waals surface area contributed by atoms with Gasteiger partial charge >= 0.3 is 5.97 Å². The Morgan fingerprint density at radius 2 is 1.95 bits per heavy atom. The van der Waals surface area contributed by atoms with Gasteiger partial charge in [-0.3, -0.25) is 0 Å². The van der Waals surface area contributed by atoms with Gasteiger partial charge in [0.1, 0.15) is 5.75 Å². The lowest BCUT2D eigenvalue weighted by Crippen LogP contribution is -1.97. The number of ether oxygens (including phenoxy) is 1. The van der Waals surface area contributed by atoms with Crippen molar-refractivity contribution in [1.82, 2.24) is 0 Å². The van der Waals surface area contributed by atoms with Gasteiger partial charge in [0.15, 0.2) is 0 Å². The van der Waals surface area contributed by atoms with Crippen molar-refractivity contribution >= 4 is 17.6 Å². The third kappa shape index (κ3) is 2.71. The number of aryl methyl sites for hydroxylation is 1. The molecule has 0 atom stereocenters. The zero-order valence-corrected chi connectivity index (χ0v) is 11.4. The molecule has 0 heterocycles. The molecule has 3 nitrogen and oxygen atoms in total. The first-order chi connectivity index (χ1) is 9.02. The molecule has 4 heteroatoms. The predicted octanol–water partition coefficient (Wildman–Crippen LogP) is 4.02. The number of aromatic carboxylic acids is 1. The molecule has 0 aliphatic carbocycles. The van der Waals surface area contributed by atoms with E-state index in [2.05, 4.69) is 0 Å². The maximum Gasteiger partial charge on any atom is 0.335 e. The van der Waals surface area contributed by atoms with Crippen molar-refractivity contribution in [2.45, 2.75) is 6.92 Å². The Bertz CT molecular complexity index is 635. The van der Waals surface area contributed by atoms with Gasteiger partial charge in [-0.1, -0.05) is 23.7 Å². The first-order valence-corrected chi connectivity index (χ1v) is 6.08. The smallest absolute Gasteiger partial charge is 0.335 e. The molecule has 2 aromatic carbocycles. The monoisotopic (exact) mass is 276 g/mol. The van der Waals surface area contributed by atoms with Gasteiger partial charge in [-0.05, 0) is 47.9 Å². The highest BCUT2D eigenvalue weighted by molar-refractivity contribution is 6.32. The summed E-state index contributed by atoms with van der Waals surface area (Å²) in [6, 6.07) is 10.5. The van der Waals surface area contributed by atoms with Crippen LogP contribution in [0.4, 0.5) is 0 Å². The van der Waals surface area contributed by atoms with Crippen molar-refractivity contribution in [2.75, 3.05) is 7.11 Å². The fourth-order valence-electron chi connectivity index (χ4n) is 1.95. The molecular weight excluding hydrogens is 264 g/mol. The molecule has 0 spiro atoms. The van der Waals surface area contributed by atoms with E-state index in [-0.39, 0.29) is 5.56 Å². The molecular formula is C15H13ClO3. The van der Waals surface area contributed by atoms with Gasteiger partial charge in [0.05, 0.1) is 17.7 Å². The van der Waals surface area contributed by atoms with Crippen LogP contribution < -0.4 is 4.74 Å². The number of hydrogen-bond acceptors (Lipinski definition) is 2. The van der Waals surface area contributed by atoms with Gasteiger partial charge < -0.3 is 9.84 Å². The van der Waals surface area contributed by atoms with Crippen molar-refractivity contribution < 1.29 is 14.6 Å². The molecule has 0 unspecified atom stereocenters. The van der Waals surface area contributed by atoms with Crippen molar-refractivity contribution in [1.29, 1.82) is 0 Å². The van der Waals surface area contributed by atoms with E-state index >= 15 is 0 Å². The van der Waals surface area contributed by atoms with Crippen LogP contribution in [0.3, 0.4) is 0 Å². The molecule has 0 aliphatic rings. The zero-order valence-electron chi connectivity index (χ0n) is 10.6. The first kappa shape index (κ1) is 13.4. The van der Waals surface area contributed by atoms with E-state index in [0.717, 1.165) is 16.7 Å². The third-order valence-electron chi connectivity index (χ3n) is 2.94. The van der Waals surface area contributed by atoms with E-state index in [1.807, 2.05) is 19.1 Å². The number of carboxylic acid groups (broad SMARTS) is 1. The van der Waals surface area contributed by atoms with Crippen LogP contribution in [0.1, 0.15) is 15.9 Å². The molecule has 0 bridgehead atoms. The predicted molar refractivity (Wildman–Crippen MR) is 75.1 cm³/mol. The summed E-state index contributed by atoms with van der Waals surface area (Å²) in [5.74, 6) is -0.312. The molecule has 0 amide bonds. The Labute approximate surface area is 116 Å². The Hall–Kier alpha value is -2.00. The van der Waals surface area contributed by atoms with E-state index in [1.54, 1.807) is 31.4 Å². The van der Waals surface area contributed by atoms with Gasteiger partial charge in [0, 0.05) is 0 Å². The Morgan fingerprint density at radius 3 is 2.47 bits per heavy atom. The quantitative estimate of drug-likeness (QED) is 0.921. The van der Waals surface area contributed by atoms with Gasteiger partial charge in [-0.2, -0.15) is 0 Å². The third-order valence-corrected chi connectivity index (χ3v) is 3.23. The maximum atomic E-state index is 10.9. The second-order valence-corrected chi connectivity index (χ2v) is 4.59. The van der Waals surface area contributed by atoms with Crippen LogP contribution >= 0.6 is 11.6 Å². The number of hydrogen-bond donors (Lipinski definition) is 1. The highest BCUT2D eigenvalue weighted by atomic mass is 35.5. The topological polar surface area (TPSA) is 46.5 Å². The van der Waals surface area contributed by atoms with Crippen molar-refractivity contribution in [3.63, 3.8) is 0 Å². The summed E-state index contributed by atoms with van der Waals surface area (Å²) < 4.78 is 5.11. The van der Waals surface area contributed by atoms with E-state index in [1.165, 1.54) is 0 Å². The molecule has 19 heavy (non-hydrogen) atoms. The summed E-state index contributed by atoms with van der Waals surface area (Å²) in [4.78, 5) is 10.9. The lowest BCUT2D eigenvalue weighted by atomic mass is 9.98. The maximum absolute atomic E-state index is 10.9. The number of halogens is 1. The number of carboxylic acids is 1. The summed E-state index contributed by atoms with van der Waals surface area (Å²) in [6.07, 6.45) is 0. The van der Waals surface area contributed by atoms with Gasteiger partial charge in [0.25, 0.3) is 0 Å². The summed E-state index contributed by atoms with van der Waals surface area (Å²) in [6.45, 7) is 1.87. The zero-order chi connectivity index (χ0) is 14.0. The van der Waals surface area contributed by atoms with E-state index in [4.69, 9.17) is 21.4 Å². The van der Waals surface area contributed by atoms with E-state index < -0.39 is 5.97 Å². The van der Waals surface area contributed by atoms with E-state index in [9.17, 15) is 4.79 Å². The largest absolute Gasteiger partial charge is 0.495 e. The molecule has 2 aromatic rings. The molecule has 0 saturated carbocycles. The average molecular weight is 277 g/mol. The highest BCUT2D eigenvalue weighted by Gasteiger charge is 2.09. The standard InChI is InChI=1S/C15H13ClO3/c1-9-7-11(15(17)18)3-5-12(9)10-4-6-14(19-2)13(16)8-10/h3-8H,1-2H3,(H,17,18). The van der Waals surface area contributed by atoms with Crippen molar-refractivity contribution in [2.24, 2.45) is 0 Å². The van der Waals surface area contributed by atoms with Crippen LogP contribution in [-0.4, -0.2) is 18.2 Å².